The molecule has 3 nitrogen and oxygen atoms in total. The van der Waals surface area contributed by atoms with E-state index in [1.165, 1.54) is 6.08 Å². The number of rotatable bonds is 2. The Kier molecular flexibility index (Phi) is 3.44. The molecule has 0 saturated heterocycles. The predicted molar refractivity (Wildman–Crippen MR) is 92.2 cm³/mol. The van der Waals surface area contributed by atoms with E-state index in [1.807, 2.05) is 12.1 Å². The van der Waals surface area contributed by atoms with Crippen molar-refractivity contribution < 1.29 is 14.0 Å². The molecule has 116 valence electrons. The van der Waals surface area contributed by atoms with Crippen LogP contribution in [0.3, 0.4) is 0 Å². The predicted octanol–water partition coefficient (Wildman–Crippen LogP) is 5.06. The molecule has 0 atom stereocenters. The Bertz CT molecular complexity index is 957. The molecule has 0 aliphatic heterocycles. The van der Waals surface area contributed by atoms with E-state index in [0.717, 1.165) is 5.56 Å². The van der Waals surface area contributed by atoms with Crippen LogP contribution in [0, 0.1) is 0 Å². The van der Waals surface area contributed by atoms with E-state index < -0.39 is 0 Å². The van der Waals surface area contributed by atoms with Gasteiger partial charge in [-0.25, -0.2) is 0 Å². The molecule has 2 aromatic carbocycles. The average molecular weight is 335 g/mol. The average Bonchev–Trinajstić information content (AvgIpc) is 3.16. The van der Waals surface area contributed by atoms with Gasteiger partial charge in [-0.3, -0.25) is 9.59 Å². The van der Waals surface area contributed by atoms with Gasteiger partial charge in [0.05, 0.1) is 5.57 Å². The van der Waals surface area contributed by atoms with Gasteiger partial charge in [0, 0.05) is 21.7 Å². The summed E-state index contributed by atoms with van der Waals surface area (Å²) in [6, 6.07) is 17.6. The molecule has 0 spiro atoms. The van der Waals surface area contributed by atoms with Gasteiger partial charge in [-0.2, -0.15) is 0 Å². The van der Waals surface area contributed by atoms with Crippen LogP contribution in [0.2, 0.25) is 5.02 Å². The van der Waals surface area contributed by atoms with Crippen molar-refractivity contribution in [3.05, 3.63) is 88.1 Å². The number of allylic oxidation sites excluding steroid dienone is 1. The Morgan fingerprint density at radius 2 is 1.42 bits per heavy atom. The number of carbonyl (C=O) groups excluding carboxylic acids is 2. The SMILES string of the molecule is O=C1C(=Cc2ccc(-c3ccc(Cl)cc3)o2)C(=O)c2ccccc21. The second-order valence-electron chi connectivity index (χ2n) is 5.47. The molecule has 0 radical (unpaired) electrons. The summed E-state index contributed by atoms with van der Waals surface area (Å²) in [5.41, 5.74) is 1.89. The van der Waals surface area contributed by atoms with Gasteiger partial charge < -0.3 is 4.42 Å². The van der Waals surface area contributed by atoms with Crippen LogP contribution in [-0.4, -0.2) is 11.6 Å². The minimum Gasteiger partial charge on any atom is -0.457 e. The highest BCUT2D eigenvalue weighted by Gasteiger charge is 2.32. The molecular weight excluding hydrogens is 324 g/mol. The number of carbonyl (C=O) groups is 2. The van der Waals surface area contributed by atoms with Crippen molar-refractivity contribution in [1.29, 1.82) is 0 Å². The van der Waals surface area contributed by atoms with Crippen LogP contribution >= 0.6 is 11.6 Å². The summed E-state index contributed by atoms with van der Waals surface area (Å²) in [5, 5.41) is 0.646. The number of Topliss-reactive ketones (excluding diaryl/α,β-unsaturated/α-hetero) is 2. The molecule has 4 heteroatoms. The maximum atomic E-state index is 12.4. The quantitative estimate of drug-likeness (QED) is 0.486. The van der Waals surface area contributed by atoms with Crippen molar-refractivity contribution in [2.45, 2.75) is 0 Å². The second kappa shape index (κ2) is 5.62. The molecule has 0 amide bonds. The molecule has 4 rings (SSSR count). The first-order chi connectivity index (χ1) is 11.6. The Hall–Kier alpha value is -2.91. The molecule has 0 N–H and O–H groups in total. The fourth-order valence-electron chi connectivity index (χ4n) is 2.75. The van der Waals surface area contributed by atoms with E-state index in [1.54, 1.807) is 48.5 Å². The zero-order valence-corrected chi connectivity index (χ0v) is 13.2. The normalized spacial score (nSPS) is 13.3. The highest BCUT2D eigenvalue weighted by atomic mass is 35.5. The zero-order chi connectivity index (χ0) is 16.7. The smallest absolute Gasteiger partial charge is 0.197 e. The van der Waals surface area contributed by atoms with Gasteiger partial charge in [-0.05, 0) is 42.5 Å². The second-order valence-corrected chi connectivity index (χ2v) is 5.91. The van der Waals surface area contributed by atoms with Crippen LogP contribution in [0.5, 0.6) is 0 Å². The van der Waals surface area contributed by atoms with Crippen LogP contribution in [0.15, 0.2) is 70.7 Å². The molecule has 1 heterocycles. The molecule has 0 bridgehead atoms. The molecule has 0 unspecified atom stereocenters. The number of benzene rings is 2. The van der Waals surface area contributed by atoms with Crippen molar-refractivity contribution >= 4 is 29.2 Å². The first kappa shape index (κ1) is 14.7. The lowest BCUT2D eigenvalue weighted by Gasteiger charge is -1.97. The highest BCUT2D eigenvalue weighted by molar-refractivity contribution is 6.41. The maximum Gasteiger partial charge on any atom is 0.197 e. The number of furan rings is 1. The summed E-state index contributed by atoms with van der Waals surface area (Å²) in [6.45, 7) is 0. The summed E-state index contributed by atoms with van der Waals surface area (Å²) in [4.78, 5) is 24.8. The van der Waals surface area contributed by atoms with Crippen molar-refractivity contribution in [1.82, 2.24) is 0 Å². The standard InChI is InChI=1S/C20H11ClO3/c21-13-7-5-12(6-8-13)18-10-9-14(24-18)11-17-19(22)15-3-1-2-4-16(15)20(17)23/h1-11H. The van der Waals surface area contributed by atoms with Crippen LogP contribution < -0.4 is 0 Å². The first-order valence-corrected chi connectivity index (χ1v) is 7.77. The highest BCUT2D eigenvalue weighted by Crippen LogP contribution is 2.29. The largest absolute Gasteiger partial charge is 0.457 e. The van der Waals surface area contributed by atoms with Crippen LogP contribution in [-0.2, 0) is 0 Å². The van der Waals surface area contributed by atoms with Crippen molar-refractivity contribution in [2.75, 3.05) is 0 Å². The molecule has 0 fully saturated rings. The van der Waals surface area contributed by atoms with Gasteiger partial charge in [-0.1, -0.05) is 35.9 Å². The van der Waals surface area contributed by atoms with Crippen molar-refractivity contribution in [3.63, 3.8) is 0 Å². The summed E-state index contributed by atoms with van der Waals surface area (Å²) in [6.07, 6.45) is 1.50. The molecule has 3 aromatic rings. The molecule has 1 aliphatic carbocycles. The van der Waals surface area contributed by atoms with Crippen molar-refractivity contribution in [3.8, 4) is 11.3 Å². The van der Waals surface area contributed by atoms with E-state index >= 15 is 0 Å². The van der Waals surface area contributed by atoms with Crippen LogP contribution in [0.1, 0.15) is 26.5 Å². The van der Waals surface area contributed by atoms with Gasteiger partial charge in [0.25, 0.3) is 0 Å². The van der Waals surface area contributed by atoms with E-state index in [9.17, 15) is 9.59 Å². The molecule has 24 heavy (non-hydrogen) atoms. The lowest BCUT2D eigenvalue weighted by atomic mass is 10.1. The topological polar surface area (TPSA) is 47.3 Å². The van der Waals surface area contributed by atoms with Crippen molar-refractivity contribution in [2.24, 2.45) is 0 Å². The van der Waals surface area contributed by atoms with Gasteiger partial charge in [-0.15, -0.1) is 0 Å². The number of hydrogen-bond donors (Lipinski definition) is 0. The third-order valence-electron chi connectivity index (χ3n) is 3.95. The number of fused-ring (bicyclic) bond motifs is 1. The third-order valence-corrected chi connectivity index (χ3v) is 4.20. The molecule has 0 saturated carbocycles. The van der Waals surface area contributed by atoms with E-state index in [2.05, 4.69) is 0 Å². The Labute approximate surface area is 143 Å². The number of halogens is 1. The van der Waals surface area contributed by atoms with Gasteiger partial charge in [0.2, 0.25) is 0 Å². The minimum absolute atomic E-state index is 0.133. The Balaban J connectivity index is 1.69. The third kappa shape index (κ3) is 2.39. The monoisotopic (exact) mass is 334 g/mol. The molecule has 1 aromatic heterocycles. The summed E-state index contributed by atoms with van der Waals surface area (Å²) in [5.74, 6) is 0.582. The minimum atomic E-state index is -0.264. The number of ketones is 2. The fraction of sp³-hybridized carbons (Fsp3) is 0. The lowest BCUT2D eigenvalue weighted by molar-refractivity contribution is 0.0990. The first-order valence-electron chi connectivity index (χ1n) is 7.39. The Morgan fingerprint density at radius 3 is 2.04 bits per heavy atom. The lowest BCUT2D eigenvalue weighted by Crippen LogP contribution is -1.99. The Morgan fingerprint density at radius 1 is 0.792 bits per heavy atom. The summed E-state index contributed by atoms with van der Waals surface area (Å²) < 4.78 is 5.74. The fourth-order valence-corrected chi connectivity index (χ4v) is 2.87. The van der Waals surface area contributed by atoms with Gasteiger partial charge >= 0.3 is 0 Å². The zero-order valence-electron chi connectivity index (χ0n) is 12.5. The van der Waals surface area contributed by atoms with E-state index in [-0.39, 0.29) is 17.1 Å². The van der Waals surface area contributed by atoms with Gasteiger partial charge in [0.15, 0.2) is 11.6 Å². The van der Waals surface area contributed by atoms with E-state index in [0.29, 0.717) is 27.7 Å². The van der Waals surface area contributed by atoms with Crippen LogP contribution in [0.4, 0.5) is 0 Å². The van der Waals surface area contributed by atoms with E-state index in [4.69, 9.17) is 16.0 Å². The van der Waals surface area contributed by atoms with Gasteiger partial charge in [0.1, 0.15) is 11.5 Å². The maximum absolute atomic E-state index is 12.4. The summed E-state index contributed by atoms with van der Waals surface area (Å²) >= 11 is 5.88. The number of hydrogen-bond acceptors (Lipinski definition) is 3. The van der Waals surface area contributed by atoms with Crippen LogP contribution in [0.25, 0.3) is 17.4 Å². The summed E-state index contributed by atoms with van der Waals surface area (Å²) in [7, 11) is 0. The molecular formula is C20H11ClO3. The molecule has 1 aliphatic rings.